The summed E-state index contributed by atoms with van der Waals surface area (Å²) in [4.78, 5) is 25.4. The van der Waals surface area contributed by atoms with E-state index in [-0.39, 0.29) is 11.7 Å². The van der Waals surface area contributed by atoms with Gasteiger partial charge in [-0.05, 0) is 81.8 Å². The zero-order valence-corrected chi connectivity index (χ0v) is 14.7. The lowest BCUT2D eigenvalue weighted by Gasteiger charge is -2.32. The molecule has 0 unspecified atom stereocenters. The maximum Gasteiger partial charge on any atom is 0.217 e. The van der Waals surface area contributed by atoms with Crippen molar-refractivity contribution in [2.75, 3.05) is 13.1 Å². The molecule has 1 aliphatic heterocycles. The number of hydrogen-bond acceptors (Lipinski definition) is 3. The number of Topliss-reactive ketones (excluding diaryl/α,β-unsaturated/α-hetero) is 1. The molecule has 0 aromatic heterocycles. The lowest BCUT2D eigenvalue weighted by atomic mass is 9.89. The monoisotopic (exact) mass is 316 g/mol. The van der Waals surface area contributed by atoms with E-state index < -0.39 is 0 Å². The zero-order valence-electron chi connectivity index (χ0n) is 14.7. The zero-order chi connectivity index (χ0) is 17.1. The minimum absolute atomic E-state index is 0.140. The lowest BCUT2D eigenvalue weighted by Crippen LogP contribution is -2.35. The molecule has 2 rings (SSSR count). The predicted molar refractivity (Wildman–Crippen MR) is 92.5 cm³/mol. The molecule has 1 aromatic rings. The number of nitrogens with two attached hydrogens (primary N) is 1. The van der Waals surface area contributed by atoms with Crippen molar-refractivity contribution in [1.29, 1.82) is 0 Å². The highest BCUT2D eigenvalue weighted by Crippen LogP contribution is 2.27. The standard InChI is InChI=1S/C19H28N2O2/c1-12-9-13(2)19(15(4)22)14(3)17(12)11-21-7-5-16(6-8-21)10-18(20)23/h9,16H,5-8,10-11H2,1-4H3,(H2,20,23). The van der Waals surface area contributed by atoms with Crippen molar-refractivity contribution in [2.45, 2.75) is 53.5 Å². The summed E-state index contributed by atoms with van der Waals surface area (Å²) in [6.45, 7) is 10.7. The Bertz CT molecular complexity index is 614. The summed E-state index contributed by atoms with van der Waals surface area (Å²) < 4.78 is 0. The van der Waals surface area contributed by atoms with E-state index in [1.807, 2.05) is 6.92 Å². The van der Waals surface area contributed by atoms with Crippen molar-refractivity contribution in [3.8, 4) is 0 Å². The SMILES string of the molecule is CC(=O)c1c(C)cc(C)c(CN2CCC(CC(N)=O)CC2)c1C. The van der Waals surface area contributed by atoms with Gasteiger partial charge in [0.05, 0.1) is 0 Å². The summed E-state index contributed by atoms with van der Waals surface area (Å²) in [5.74, 6) is 0.373. The molecule has 1 fully saturated rings. The fraction of sp³-hybridized carbons (Fsp3) is 0.579. The molecular formula is C19H28N2O2. The molecule has 1 aromatic carbocycles. The Morgan fingerprint density at radius 3 is 2.30 bits per heavy atom. The Morgan fingerprint density at radius 2 is 1.78 bits per heavy atom. The van der Waals surface area contributed by atoms with Gasteiger partial charge in [-0.3, -0.25) is 14.5 Å². The fourth-order valence-electron chi connectivity index (χ4n) is 3.87. The molecule has 23 heavy (non-hydrogen) atoms. The van der Waals surface area contributed by atoms with Crippen LogP contribution in [0.5, 0.6) is 0 Å². The second-order valence-corrected chi connectivity index (χ2v) is 6.94. The van der Waals surface area contributed by atoms with E-state index in [9.17, 15) is 9.59 Å². The van der Waals surface area contributed by atoms with Crippen LogP contribution in [0.25, 0.3) is 0 Å². The van der Waals surface area contributed by atoms with E-state index >= 15 is 0 Å². The second kappa shape index (κ2) is 7.26. The largest absolute Gasteiger partial charge is 0.370 e. The average Bonchev–Trinajstić information content (AvgIpc) is 2.44. The quantitative estimate of drug-likeness (QED) is 0.850. The normalized spacial score (nSPS) is 16.5. The number of amides is 1. The number of rotatable bonds is 5. The van der Waals surface area contributed by atoms with Crippen LogP contribution in [-0.4, -0.2) is 29.7 Å². The molecule has 0 saturated carbocycles. The Hall–Kier alpha value is -1.68. The first-order valence-corrected chi connectivity index (χ1v) is 8.40. The molecule has 0 spiro atoms. The molecule has 1 aliphatic rings. The molecule has 4 nitrogen and oxygen atoms in total. The molecule has 126 valence electrons. The maximum atomic E-state index is 11.9. The number of hydrogen-bond donors (Lipinski definition) is 1. The van der Waals surface area contributed by atoms with E-state index in [2.05, 4.69) is 24.8 Å². The van der Waals surface area contributed by atoms with Gasteiger partial charge >= 0.3 is 0 Å². The third-order valence-corrected chi connectivity index (χ3v) is 5.06. The van der Waals surface area contributed by atoms with Crippen molar-refractivity contribution in [1.82, 2.24) is 4.90 Å². The van der Waals surface area contributed by atoms with Crippen LogP contribution in [-0.2, 0) is 11.3 Å². The molecular weight excluding hydrogens is 288 g/mol. The van der Waals surface area contributed by atoms with Crippen LogP contribution in [0.4, 0.5) is 0 Å². The predicted octanol–water partition coefficient (Wildman–Crippen LogP) is 2.90. The summed E-state index contributed by atoms with van der Waals surface area (Å²) in [7, 11) is 0. The minimum Gasteiger partial charge on any atom is -0.370 e. The van der Waals surface area contributed by atoms with Crippen LogP contribution >= 0.6 is 0 Å². The van der Waals surface area contributed by atoms with E-state index in [0.29, 0.717) is 12.3 Å². The first-order valence-electron chi connectivity index (χ1n) is 8.40. The van der Waals surface area contributed by atoms with Crippen LogP contribution in [0.1, 0.15) is 58.8 Å². The molecule has 2 N–H and O–H groups in total. The molecule has 0 aliphatic carbocycles. The van der Waals surface area contributed by atoms with Gasteiger partial charge in [0.15, 0.2) is 5.78 Å². The number of ketones is 1. The lowest BCUT2D eigenvalue weighted by molar-refractivity contribution is -0.119. The van der Waals surface area contributed by atoms with Gasteiger partial charge in [0.2, 0.25) is 5.91 Å². The van der Waals surface area contributed by atoms with Crippen molar-refractivity contribution >= 4 is 11.7 Å². The van der Waals surface area contributed by atoms with Crippen molar-refractivity contribution in [3.63, 3.8) is 0 Å². The van der Waals surface area contributed by atoms with E-state index in [1.165, 1.54) is 11.1 Å². The molecule has 1 amide bonds. The summed E-state index contributed by atoms with van der Waals surface area (Å²) in [5, 5.41) is 0. The first kappa shape index (κ1) is 17.7. The van der Waals surface area contributed by atoms with Crippen LogP contribution in [0, 0.1) is 26.7 Å². The number of benzene rings is 1. The summed E-state index contributed by atoms with van der Waals surface area (Å²) >= 11 is 0. The van der Waals surface area contributed by atoms with E-state index in [0.717, 1.165) is 49.2 Å². The number of carbonyl (C=O) groups excluding carboxylic acids is 2. The van der Waals surface area contributed by atoms with E-state index in [4.69, 9.17) is 5.73 Å². The Balaban J connectivity index is 2.11. The van der Waals surface area contributed by atoms with Gasteiger partial charge in [-0.1, -0.05) is 6.07 Å². The van der Waals surface area contributed by atoms with Gasteiger partial charge in [0.1, 0.15) is 0 Å². The summed E-state index contributed by atoms with van der Waals surface area (Å²) in [6.07, 6.45) is 2.55. The number of primary amides is 1. The van der Waals surface area contributed by atoms with Gasteiger partial charge in [0.25, 0.3) is 0 Å². The molecule has 0 radical (unpaired) electrons. The Morgan fingerprint density at radius 1 is 1.17 bits per heavy atom. The molecule has 1 heterocycles. The number of nitrogens with zero attached hydrogens (tertiary/aromatic N) is 1. The minimum atomic E-state index is -0.195. The summed E-state index contributed by atoms with van der Waals surface area (Å²) in [6, 6.07) is 2.12. The van der Waals surface area contributed by atoms with Gasteiger partial charge < -0.3 is 5.73 Å². The highest BCUT2D eigenvalue weighted by atomic mass is 16.1. The van der Waals surface area contributed by atoms with Crippen LogP contribution < -0.4 is 5.73 Å². The van der Waals surface area contributed by atoms with Crippen molar-refractivity contribution in [3.05, 3.63) is 33.9 Å². The molecule has 1 saturated heterocycles. The number of aryl methyl sites for hydroxylation is 2. The summed E-state index contributed by atoms with van der Waals surface area (Å²) in [5.41, 5.74) is 10.9. The fourth-order valence-corrected chi connectivity index (χ4v) is 3.87. The third-order valence-electron chi connectivity index (χ3n) is 5.06. The van der Waals surface area contributed by atoms with Crippen LogP contribution in [0.3, 0.4) is 0 Å². The number of piperidine rings is 1. The number of likely N-dealkylation sites (tertiary alicyclic amines) is 1. The van der Waals surface area contributed by atoms with Crippen LogP contribution in [0.15, 0.2) is 6.07 Å². The van der Waals surface area contributed by atoms with Gasteiger partial charge in [-0.2, -0.15) is 0 Å². The smallest absolute Gasteiger partial charge is 0.217 e. The van der Waals surface area contributed by atoms with Crippen molar-refractivity contribution < 1.29 is 9.59 Å². The second-order valence-electron chi connectivity index (χ2n) is 6.94. The van der Waals surface area contributed by atoms with Gasteiger partial charge in [-0.15, -0.1) is 0 Å². The van der Waals surface area contributed by atoms with Gasteiger partial charge in [-0.25, -0.2) is 0 Å². The van der Waals surface area contributed by atoms with Crippen LogP contribution in [0.2, 0.25) is 0 Å². The molecule has 0 atom stereocenters. The number of carbonyl (C=O) groups is 2. The van der Waals surface area contributed by atoms with Gasteiger partial charge in [0, 0.05) is 18.5 Å². The maximum absolute atomic E-state index is 11.9. The topological polar surface area (TPSA) is 63.4 Å². The van der Waals surface area contributed by atoms with E-state index in [1.54, 1.807) is 6.92 Å². The third kappa shape index (κ3) is 4.20. The van der Waals surface area contributed by atoms with Crippen molar-refractivity contribution in [2.24, 2.45) is 11.7 Å². The first-order chi connectivity index (χ1) is 10.8. The highest BCUT2D eigenvalue weighted by Gasteiger charge is 2.22. The Labute approximate surface area is 139 Å². The molecule has 0 bridgehead atoms. The highest BCUT2D eigenvalue weighted by molar-refractivity contribution is 5.97. The molecule has 4 heteroatoms. The average molecular weight is 316 g/mol. The Kier molecular flexibility index (Phi) is 5.58.